The van der Waals surface area contributed by atoms with Crippen LogP contribution in [0.2, 0.25) is 0 Å². The lowest BCUT2D eigenvalue weighted by Crippen LogP contribution is -2.60. The van der Waals surface area contributed by atoms with Gasteiger partial charge in [-0.3, -0.25) is 33.6 Å². The summed E-state index contributed by atoms with van der Waals surface area (Å²) in [4.78, 5) is 99.7. The number of fused-ring (bicyclic) bond motifs is 17. The SMILES string of the molecule is C[C@@H]1NC(=O)[C@H]([C@@H](C)O)NC(=O)[C@@H]2C[C@H](NC(=O)CN3CCCC3=O)CN2C(=O)[C@@H](Cc2c[nH]c3ccccc23)NC(=O)COc2ccc(cc2)CCNC1=O. The van der Waals surface area contributed by atoms with Gasteiger partial charge in [0.2, 0.25) is 35.4 Å². The number of carbonyl (C=O) groups excluding carboxylic acids is 7. The Labute approximate surface area is 323 Å². The summed E-state index contributed by atoms with van der Waals surface area (Å²) >= 11 is 0. The number of carbonyl (C=O) groups is 7. The molecule has 2 fully saturated rings. The van der Waals surface area contributed by atoms with E-state index < -0.39 is 78.4 Å². The van der Waals surface area contributed by atoms with Crippen molar-refractivity contribution >= 4 is 52.3 Å². The van der Waals surface area contributed by atoms with Gasteiger partial charge >= 0.3 is 0 Å². The first-order valence-electron chi connectivity index (χ1n) is 18.9. The molecule has 5 heterocycles. The topological polar surface area (TPSA) is 231 Å². The zero-order valence-electron chi connectivity index (χ0n) is 31.3. The molecule has 56 heavy (non-hydrogen) atoms. The second-order valence-corrected chi connectivity index (χ2v) is 14.5. The molecule has 2 saturated heterocycles. The number of hydrogen-bond donors (Lipinski definition) is 7. The zero-order chi connectivity index (χ0) is 39.9. The predicted molar refractivity (Wildman–Crippen MR) is 202 cm³/mol. The maximum Gasteiger partial charge on any atom is 0.258 e. The van der Waals surface area contributed by atoms with Gasteiger partial charge in [-0.05, 0) is 62.4 Å². The Morgan fingerprint density at radius 3 is 2.46 bits per heavy atom. The molecule has 7 rings (SSSR count). The molecule has 1 aromatic heterocycles. The number of hydrogen-bond acceptors (Lipinski definition) is 9. The molecule has 3 aromatic rings. The molecule has 0 radical (unpaired) electrons. The van der Waals surface area contributed by atoms with Crippen LogP contribution in [0.3, 0.4) is 0 Å². The Morgan fingerprint density at radius 1 is 0.964 bits per heavy atom. The number of rotatable bonds is 6. The van der Waals surface area contributed by atoms with E-state index in [0.717, 1.165) is 22.0 Å². The summed E-state index contributed by atoms with van der Waals surface area (Å²) in [6.45, 7) is 2.74. The standard InChI is InChI=1S/C39H48N8O9/c1-22-36(52)40-14-13-24-9-11-27(12-10-24)56-21-33(50)44-30(16-25-18-41-29-7-4-3-6-28(25)29)39(55)47-19-26(43-32(49)20-46-15-5-8-34(46)51)17-31(47)37(53)45-35(23(2)48)38(54)42-22/h3-4,6-7,9-12,18,22-23,26,30-31,35,41,48H,5,8,13-17,19-21H2,1-2H3,(H,40,52)(H,42,54)(H,43,49)(H,44,50)(H,45,53)/t22-,23+,26-,30+,31-,35-/m0/s1. The third kappa shape index (κ3) is 9.63. The summed E-state index contributed by atoms with van der Waals surface area (Å²) < 4.78 is 5.76. The third-order valence-electron chi connectivity index (χ3n) is 10.3. The lowest BCUT2D eigenvalue weighted by atomic mass is 10.0. The summed E-state index contributed by atoms with van der Waals surface area (Å²) in [5, 5.41) is 25.0. The van der Waals surface area contributed by atoms with Crippen molar-refractivity contribution in [2.24, 2.45) is 0 Å². The van der Waals surface area contributed by atoms with Gasteiger partial charge in [0.1, 0.15) is 29.9 Å². The first kappa shape index (κ1) is 39.7. The van der Waals surface area contributed by atoms with Crippen molar-refractivity contribution in [3.05, 3.63) is 65.9 Å². The summed E-state index contributed by atoms with van der Waals surface area (Å²) in [5.41, 5.74) is 2.42. The summed E-state index contributed by atoms with van der Waals surface area (Å²) in [5.74, 6) is -3.54. The van der Waals surface area contributed by atoms with Gasteiger partial charge < -0.3 is 51.2 Å². The minimum Gasteiger partial charge on any atom is -0.484 e. The molecule has 0 spiro atoms. The molecule has 0 unspecified atom stereocenters. The van der Waals surface area contributed by atoms with Crippen LogP contribution < -0.4 is 31.3 Å². The van der Waals surface area contributed by atoms with E-state index >= 15 is 0 Å². The highest BCUT2D eigenvalue weighted by atomic mass is 16.5. The van der Waals surface area contributed by atoms with Gasteiger partial charge in [-0.1, -0.05) is 30.3 Å². The number of aliphatic hydroxyl groups excluding tert-OH is 1. The Bertz CT molecular complexity index is 1960. The van der Waals surface area contributed by atoms with Gasteiger partial charge in [0.25, 0.3) is 5.91 Å². The van der Waals surface area contributed by atoms with E-state index in [2.05, 4.69) is 31.6 Å². The smallest absolute Gasteiger partial charge is 0.258 e. The van der Waals surface area contributed by atoms with E-state index in [-0.39, 0.29) is 38.4 Å². The zero-order valence-corrected chi connectivity index (χ0v) is 31.3. The van der Waals surface area contributed by atoms with Crippen LogP contribution in [-0.2, 0) is 46.4 Å². The maximum atomic E-state index is 14.7. The summed E-state index contributed by atoms with van der Waals surface area (Å²) in [6, 6.07) is 8.69. The van der Waals surface area contributed by atoms with E-state index in [0.29, 0.717) is 31.6 Å². The van der Waals surface area contributed by atoms with Crippen LogP contribution in [0.25, 0.3) is 10.9 Å². The molecule has 17 heteroatoms. The largest absolute Gasteiger partial charge is 0.484 e. The number of aliphatic hydroxyl groups is 1. The monoisotopic (exact) mass is 772 g/mol. The molecule has 4 aliphatic heterocycles. The molecule has 0 aliphatic carbocycles. The first-order chi connectivity index (χ1) is 26.9. The van der Waals surface area contributed by atoms with Crippen molar-refractivity contribution in [2.45, 2.75) is 82.3 Å². The van der Waals surface area contributed by atoms with Gasteiger partial charge in [0.05, 0.1) is 12.6 Å². The fourth-order valence-electron chi connectivity index (χ4n) is 7.31. The average molecular weight is 773 g/mol. The van der Waals surface area contributed by atoms with Crippen LogP contribution in [-0.4, -0.2) is 130 Å². The number of aromatic nitrogens is 1. The van der Waals surface area contributed by atoms with Gasteiger partial charge in [-0.25, -0.2) is 0 Å². The molecule has 298 valence electrons. The molecule has 0 saturated carbocycles. The van der Waals surface area contributed by atoms with Gasteiger partial charge in [0, 0.05) is 55.6 Å². The molecule has 4 aliphatic rings. The van der Waals surface area contributed by atoms with E-state index in [9.17, 15) is 38.7 Å². The second-order valence-electron chi connectivity index (χ2n) is 14.5. The Kier molecular flexibility index (Phi) is 12.5. The maximum absolute atomic E-state index is 14.7. The third-order valence-corrected chi connectivity index (χ3v) is 10.3. The fourth-order valence-corrected chi connectivity index (χ4v) is 7.31. The number of ether oxygens (including phenoxy) is 1. The second kappa shape index (κ2) is 17.7. The normalized spacial score (nSPS) is 24.9. The fraction of sp³-hybridized carbons (Fsp3) is 0.462. The van der Waals surface area contributed by atoms with Crippen molar-refractivity contribution < 1.29 is 43.4 Å². The van der Waals surface area contributed by atoms with Crippen LogP contribution in [0, 0.1) is 0 Å². The molecular formula is C39H48N8O9. The highest BCUT2D eigenvalue weighted by Gasteiger charge is 2.44. The predicted octanol–water partition coefficient (Wildman–Crippen LogP) is -0.975. The highest BCUT2D eigenvalue weighted by molar-refractivity contribution is 5.97. The molecule has 2 bridgehead atoms. The summed E-state index contributed by atoms with van der Waals surface area (Å²) in [6.07, 6.45) is 1.75. The number of nitrogens with one attached hydrogen (secondary N) is 6. The molecule has 7 amide bonds. The van der Waals surface area contributed by atoms with Crippen LogP contribution in [0.4, 0.5) is 0 Å². The van der Waals surface area contributed by atoms with Gasteiger partial charge in [-0.2, -0.15) is 0 Å². The molecule has 7 N–H and O–H groups in total. The van der Waals surface area contributed by atoms with Crippen LogP contribution in [0.15, 0.2) is 54.7 Å². The lowest BCUT2D eigenvalue weighted by molar-refractivity contribution is -0.143. The first-order valence-corrected chi connectivity index (χ1v) is 18.9. The van der Waals surface area contributed by atoms with Crippen molar-refractivity contribution in [3.8, 4) is 5.75 Å². The number of para-hydroxylation sites is 1. The van der Waals surface area contributed by atoms with Gasteiger partial charge in [-0.15, -0.1) is 0 Å². The Hall–Kier alpha value is -5.97. The summed E-state index contributed by atoms with van der Waals surface area (Å²) in [7, 11) is 0. The molecule has 6 atom stereocenters. The quantitative estimate of drug-likeness (QED) is 0.153. The van der Waals surface area contributed by atoms with Crippen LogP contribution in [0.1, 0.15) is 44.2 Å². The number of benzene rings is 2. The number of likely N-dealkylation sites (tertiary alicyclic amines) is 1. The van der Waals surface area contributed by atoms with E-state index in [1.807, 2.05) is 24.3 Å². The average Bonchev–Trinajstić information content (AvgIpc) is 3.90. The lowest BCUT2D eigenvalue weighted by Gasteiger charge is -2.30. The van der Waals surface area contributed by atoms with Crippen molar-refractivity contribution in [1.82, 2.24) is 41.4 Å². The van der Waals surface area contributed by atoms with Crippen LogP contribution in [0.5, 0.6) is 5.75 Å². The van der Waals surface area contributed by atoms with Crippen molar-refractivity contribution in [2.75, 3.05) is 32.8 Å². The highest BCUT2D eigenvalue weighted by Crippen LogP contribution is 2.24. The van der Waals surface area contributed by atoms with E-state index in [1.165, 1.54) is 23.6 Å². The Balaban J connectivity index is 1.31. The van der Waals surface area contributed by atoms with Crippen molar-refractivity contribution in [1.29, 1.82) is 0 Å². The van der Waals surface area contributed by atoms with Gasteiger partial charge in [0.15, 0.2) is 6.61 Å². The van der Waals surface area contributed by atoms with Crippen molar-refractivity contribution in [3.63, 3.8) is 0 Å². The molecule has 17 nitrogen and oxygen atoms in total. The number of amides is 7. The number of H-pyrrole nitrogens is 1. The minimum atomic E-state index is -1.51. The van der Waals surface area contributed by atoms with E-state index in [4.69, 9.17) is 4.74 Å². The Morgan fingerprint density at radius 2 is 1.73 bits per heavy atom. The number of aromatic amines is 1. The van der Waals surface area contributed by atoms with Crippen LogP contribution >= 0.6 is 0 Å². The molecule has 2 aromatic carbocycles. The molecular weight excluding hydrogens is 724 g/mol. The number of nitrogens with zero attached hydrogens (tertiary/aromatic N) is 2. The minimum absolute atomic E-state index is 0.0286. The van der Waals surface area contributed by atoms with E-state index in [1.54, 1.807) is 30.5 Å².